The van der Waals surface area contributed by atoms with Crippen molar-refractivity contribution in [3.63, 3.8) is 0 Å². The maximum atomic E-state index is 11.9. The first-order valence-electron chi connectivity index (χ1n) is 6.08. The second-order valence-corrected chi connectivity index (χ2v) is 4.26. The quantitative estimate of drug-likeness (QED) is 0.754. The van der Waals surface area contributed by atoms with E-state index in [1.54, 1.807) is 12.1 Å². The molecule has 2 rings (SSSR count). The molecule has 0 bridgehead atoms. The smallest absolute Gasteiger partial charge is 0.322 e. The number of rotatable bonds is 4. The minimum Gasteiger partial charge on any atom is -0.505 e. The Bertz CT molecular complexity index is 810. The predicted octanol–water partition coefficient (Wildman–Crippen LogP) is 0.635. The van der Waals surface area contributed by atoms with Gasteiger partial charge in [-0.15, -0.1) is 0 Å². The van der Waals surface area contributed by atoms with E-state index < -0.39 is 29.9 Å². The summed E-state index contributed by atoms with van der Waals surface area (Å²) in [5, 5.41) is 30.5. The van der Waals surface area contributed by atoms with Gasteiger partial charge in [-0.25, -0.2) is 4.98 Å². The first-order chi connectivity index (χ1) is 10.5. The number of ether oxygens (including phenoxy) is 1. The van der Waals surface area contributed by atoms with Gasteiger partial charge in [0, 0.05) is 10.8 Å². The number of fused-ring (bicyclic) bond motifs is 1. The molecule has 1 heterocycles. The molecule has 2 aromatic rings. The number of aromatic nitrogens is 1. The number of nitrogens with one attached hydrogen (secondary N) is 1. The summed E-state index contributed by atoms with van der Waals surface area (Å²) in [6.07, 6.45) is 0. The fourth-order valence-electron chi connectivity index (χ4n) is 1.89. The highest BCUT2D eigenvalue weighted by Crippen LogP contribution is 2.32. The van der Waals surface area contributed by atoms with Crippen molar-refractivity contribution in [3.05, 3.63) is 29.6 Å². The van der Waals surface area contributed by atoms with Crippen LogP contribution in [0.5, 0.6) is 11.5 Å². The lowest BCUT2D eigenvalue weighted by Gasteiger charge is -2.10. The molecule has 1 amide bonds. The second kappa shape index (κ2) is 5.97. The number of benzene rings is 1. The van der Waals surface area contributed by atoms with Crippen LogP contribution in [0.4, 0.5) is 0 Å². The third-order valence-corrected chi connectivity index (χ3v) is 2.91. The Kier molecular flexibility index (Phi) is 4.08. The van der Waals surface area contributed by atoms with Crippen molar-refractivity contribution < 1.29 is 24.5 Å². The third kappa shape index (κ3) is 2.73. The van der Waals surface area contributed by atoms with Crippen LogP contribution in [-0.4, -0.2) is 40.7 Å². The predicted molar refractivity (Wildman–Crippen MR) is 74.6 cm³/mol. The Balaban J connectivity index is 2.60. The lowest BCUT2D eigenvalue weighted by molar-refractivity contribution is -0.135. The summed E-state index contributed by atoms with van der Waals surface area (Å²) < 4.78 is 5.04. The summed E-state index contributed by atoms with van der Waals surface area (Å²) in [6.45, 7) is -0.627. The third-order valence-electron chi connectivity index (χ3n) is 2.91. The van der Waals surface area contributed by atoms with Crippen molar-refractivity contribution in [2.24, 2.45) is 0 Å². The average Bonchev–Trinajstić information content (AvgIpc) is 2.52. The molecule has 0 saturated carbocycles. The number of carboxylic acids is 1. The van der Waals surface area contributed by atoms with Crippen LogP contribution in [0.2, 0.25) is 0 Å². The van der Waals surface area contributed by atoms with Crippen molar-refractivity contribution in [2.75, 3.05) is 13.7 Å². The Morgan fingerprint density at radius 1 is 1.41 bits per heavy atom. The molecule has 0 atom stereocenters. The zero-order chi connectivity index (χ0) is 16.3. The highest BCUT2D eigenvalue weighted by atomic mass is 16.5. The van der Waals surface area contributed by atoms with Gasteiger partial charge in [-0.3, -0.25) is 9.59 Å². The first-order valence-corrected chi connectivity index (χ1v) is 6.08. The molecule has 8 nitrogen and oxygen atoms in total. The summed E-state index contributed by atoms with van der Waals surface area (Å²) in [7, 11) is 1.44. The highest BCUT2D eigenvalue weighted by Gasteiger charge is 2.20. The molecule has 0 aliphatic carbocycles. The molecule has 112 valence electrons. The molecule has 0 fully saturated rings. The Labute approximate surface area is 124 Å². The average molecular weight is 301 g/mol. The van der Waals surface area contributed by atoms with Crippen LogP contribution < -0.4 is 10.1 Å². The molecule has 0 aliphatic heterocycles. The molecule has 0 unspecified atom stereocenters. The second-order valence-electron chi connectivity index (χ2n) is 4.26. The van der Waals surface area contributed by atoms with Gasteiger partial charge in [0.05, 0.1) is 7.11 Å². The van der Waals surface area contributed by atoms with Crippen LogP contribution in [0.25, 0.3) is 10.8 Å². The Morgan fingerprint density at radius 3 is 2.73 bits per heavy atom. The van der Waals surface area contributed by atoms with E-state index in [1.807, 2.05) is 6.07 Å². The summed E-state index contributed by atoms with van der Waals surface area (Å²) in [4.78, 5) is 26.2. The van der Waals surface area contributed by atoms with E-state index in [0.717, 1.165) is 0 Å². The molecule has 0 aliphatic rings. The van der Waals surface area contributed by atoms with Gasteiger partial charge >= 0.3 is 5.97 Å². The van der Waals surface area contributed by atoms with Crippen molar-refractivity contribution >= 4 is 22.6 Å². The molecule has 8 heteroatoms. The molecular formula is C14H11N3O5. The number of pyridine rings is 1. The summed E-state index contributed by atoms with van der Waals surface area (Å²) in [5.74, 6) is -2.15. The van der Waals surface area contributed by atoms with Crippen molar-refractivity contribution in [1.82, 2.24) is 10.3 Å². The van der Waals surface area contributed by atoms with E-state index in [9.17, 15) is 14.7 Å². The minimum absolute atomic E-state index is 0.0593. The molecule has 0 radical (unpaired) electrons. The van der Waals surface area contributed by atoms with Gasteiger partial charge in [0.25, 0.3) is 5.91 Å². The SMILES string of the molecule is COc1ccc2c(C#N)nc(C(=O)NCC(=O)O)c(O)c2c1. The van der Waals surface area contributed by atoms with Crippen LogP contribution in [-0.2, 0) is 4.79 Å². The van der Waals surface area contributed by atoms with Gasteiger partial charge < -0.3 is 20.3 Å². The fourth-order valence-corrected chi connectivity index (χ4v) is 1.89. The maximum Gasteiger partial charge on any atom is 0.322 e. The number of nitrogens with zero attached hydrogens (tertiary/aromatic N) is 2. The largest absolute Gasteiger partial charge is 0.505 e. The number of carbonyl (C=O) groups is 2. The molecule has 0 saturated heterocycles. The van der Waals surface area contributed by atoms with Crippen LogP contribution in [0.15, 0.2) is 18.2 Å². The fraction of sp³-hybridized carbons (Fsp3) is 0.143. The maximum absolute atomic E-state index is 11.9. The molecule has 0 spiro atoms. The van der Waals surface area contributed by atoms with Gasteiger partial charge in [0.1, 0.15) is 24.1 Å². The monoisotopic (exact) mass is 301 g/mol. The Hall–Kier alpha value is -3.34. The topological polar surface area (TPSA) is 133 Å². The van der Waals surface area contributed by atoms with Crippen molar-refractivity contribution in [1.29, 1.82) is 5.26 Å². The minimum atomic E-state index is -1.24. The highest BCUT2D eigenvalue weighted by molar-refractivity contribution is 6.03. The number of carbonyl (C=O) groups excluding carboxylic acids is 1. The number of aromatic hydroxyl groups is 1. The van der Waals surface area contributed by atoms with E-state index in [4.69, 9.17) is 15.1 Å². The number of aliphatic carboxylic acids is 1. The van der Waals surface area contributed by atoms with Crippen LogP contribution in [0.3, 0.4) is 0 Å². The normalized spacial score (nSPS) is 10.0. The molecule has 1 aromatic heterocycles. The van der Waals surface area contributed by atoms with Gasteiger partial charge in [0.2, 0.25) is 0 Å². The van der Waals surface area contributed by atoms with Crippen molar-refractivity contribution in [3.8, 4) is 17.6 Å². The number of carboxylic acid groups (broad SMARTS) is 1. The van der Waals surface area contributed by atoms with E-state index in [0.29, 0.717) is 11.1 Å². The van der Waals surface area contributed by atoms with Crippen LogP contribution >= 0.6 is 0 Å². The van der Waals surface area contributed by atoms with E-state index in [2.05, 4.69) is 10.3 Å². The molecule has 1 aromatic carbocycles. The van der Waals surface area contributed by atoms with Crippen LogP contribution in [0.1, 0.15) is 16.2 Å². The van der Waals surface area contributed by atoms with E-state index in [-0.39, 0.29) is 11.1 Å². The number of hydrogen-bond donors (Lipinski definition) is 3. The number of amides is 1. The number of hydrogen-bond acceptors (Lipinski definition) is 6. The van der Waals surface area contributed by atoms with E-state index >= 15 is 0 Å². The summed E-state index contributed by atoms with van der Waals surface area (Å²) in [5.41, 5.74) is -0.477. The standard InChI is InChI=1S/C14H11N3O5/c1-22-7-2-3-8-9(4-7)13(20)12(17-10(8)5-15)14(21)16-6-11(18)19/h2-4,20H,6H2,1H3,(H,16,21)(H,18,19). The van der Waals surface area contributed by atoms with Crippen molar-refractivity contribution in [2.45, 2.75) is 0 Å². The zero-order valence-electron chi connectivity index (χ0n) is 11.5. The first kappa shape index (κ1) is 15.1. The number of nitriles is 1. The molecule has 3 N–H and O–H groups in total. The van der Waals surface area contributed by atoms with E-state index in [1.165, 1.54) is 13.2 Å². The summed E-state index contributed by atoms with van der Waals surface area (Å²) >= 11 is 0. The van der Waals surface area contributed by atoms with Gasteiger partial charge in [-0.1, -0.05) is 0 Å². The molecular weight excluding hydrogens is 290 g/mol. The summed E-state index contributed by atoms with van der Waals surface area (Å²) in [6, 6.07) is 6.43. The van der Waals surface area contributed by atoms with Gasteiger partial charge in [-0.2, -0.15) is 5.26 Å². The van der Waals surface area contributed by atoms with Gasteiger partial charge in [0.15, 0.2) is 11.4 Å². The molecule has 22 heavy (non-hydrogen) atoms. The zero-order valence-corrected chi connectivity index (χ0v) is 11.5. The lowest BCUT2D eigenvalue weighted by Crippen LogP contribution is -2.30. The van der Waals surface area contributed by atoms with Crippen LogP contribution in [0, 0.1) is 11.3 Å². The Morgan fingerprint density at radius 2 is 2.14 bits per heavy atom. The number of methoxy groups -OCH3 is 1. The lowest BCUT2D eigenvalue weighted by atomic mass is 10.1. The van der Waals surface area contributed by atoms with Gasteiger partial charge in [-0.05, 0) is 18.2 Å².